The molecule has 0 aliphatic heterocycles. The zero-order valence-electron chi connectivity index (χ0n) is 11.7. The molecule has 2 atom stereocenters. The van der Waals surface area contributed by atoms with Crippen LogP contribution in [0, 0.1) is 0 Å². The second kappa shape index (κ2) is 6.35. The summed E-state index contributed by atoms with van der Waals surface area (Å²) in [6.45, 7) is 0.535. The summed E-state index contributed by atoms with van der Waals surface area (Å²) in [5.74, 6) is 0.699. The van der Waals surface area contributed by atoms with Gasteiger partial charge in [0.2, 0.25) is 0 Å². The van der Waals surface area contributed by atoms with Crippen LogP contribution in [0.2, 0.25) is 0 Å². The fraction of sp³-hybridized carbons (Fsp3) is 0.714. The Morgan fingerprint density at radius 1 is 1.45 bits per heavy atom. The van der Waals surface area contributed by atoms with E-state index in [1.165, 1.54) is 24.3 Å². The van der Waals surface area contributed by atoms with Gasteiger partial charge in [0.15, 0.2) is 0 Å². The van der Waals surface area contributed by atoms with Gasteiger partial charge in [-0.15, -0.1) is 11.3 Å². The number of rotatable bonds is 5. The van der Waals surface area contributed by atoms with Crippen molar-refractivity contribution in [1.82, 2.24) is 15.6 Å². The second-order valence-electron chi connectivity index (χ2n) is 5.65. The van der Waals surface area contributed by atoms with E-state index in [0.29, 0.717) is 23.8 Å². The molecule has 1 heterocycles. The molecule has 2 N–H and O–H groups in total. The molecule has 4 nitrogen and oxygen atoms in total. The standard InChI is InChI=1S/C14H21N3OS2/c1-19-12-5-4-10(6-12)17-14(18)15-7-11-8-20-13(16-11)9-2-3-9/h8-10,12H,2-7H2,1H3,(H2,15,17,18)/t10-,12-/m0/s1. The fourth-order valence-electron chi connectivity index (χ4n) is 2.61. The van der Waals surface area contributed by atoms with Gasteiger partial charge >= 0.3 is 6.03 Å². The number of nitrogens with zero attached hydrogens (tertiary/aromatic N) is 1. The molecule has 2 aliphatic rings. The number of hydrogen-bond donors (Lipinski definition) is 2. The zero-order chi connectivity index (χ0) is 13.9. The van der Waals surface area contributed by atoms with Gasteiger partial charge in [0.1, 0.15) is 0 Å². The number of hydrogen-bond acceptors (Lipinski definition) is 4. The molecule has 0 radical (unpaired) electrons. The maximum Gasteiger partial charge on any atom is 0.315 e. The Kier molecular flexibility index (Phi) is 4.51. The summed E-state index contributed by atoms with van der Waals surface area (Å²) in [6.07, 6.45) is 8.10. The van der Waals surface area contributed by atoms with Gasteiger partial charge in [-0.05, 0) is 38.4 Å². The predicted molar refractivity (Wildman–Crippen MR) is 84.4 cm³/mol. The van der Waals surface area contributed by atoms with Crippen molar-refractivity contribution in [2.75, 3.05) is 6.26 Å². The molecule has 20 heavy (non-hydrogen) atoms. The smallest absolute Gasteiger partial charge is 0.315 e. The first-order valence-corrected chi connectivity index (χ1v) is 9.43. The number of thioether (sulfide) groups is 1. The van der Waals surface area contributed by atoms with Gasteiger partial charge in [0, 0.05) is 22.6 Å². The maximum atomic E-state index is 11.9. The zero-order valence-corrected chi connectivity index (χ0v) is 13.4. The topological polar surface area (TPSA) is 54.0 Å². The van der Waals surface area contributed by atoms with Gasteiger partial charge in [-0.25, -0.2) is 9.78 Å². The SMILES string of the molecule is CS[C@H]1CC[C@H](NC(=O)NCc2csc(C3CC3)n2)C1. The molecule has 1 aromatic heterocycles. The number of nitrogens with one attached hydrogen (secondary N) is 2. The first-order valence-electron chi connectivity index (χ1n) is 7.26. The highest BCUT2D eigenvalue weighted by Crippen LogP contribution is 2.41. The number of thiazole rings is 1. The van der Waals surface area contributed by atoms with Crippen LogP contribution in [0.3, 0.4) is 0 Å². The third kappa shape index (κ3) is 3.67. The highest BCUT2D eigenvalue weighted by Gasteiger charge is 2.27. The van der Waals surface area contributed by atoms with E-state index in [2.05, 4.69) is 27.3 Å². The van der Waals surface area contributed by atoms with Crippen LogP contribution >= 0.6 is 23.1 Å². The Bertz CT molecular complexity index is 473. The van der Waals surface area contributed by atoms with Gasteiger partial charge in [-0.3, -0.25) is 0 Å². The third-order valence-electron chi connectivity index (χ3n) is 3.98. The molecule has 110 valence electrons. The van der Waals surface area contributed by atoms with E-state index in [-0.39, 0.29) is 6.03 Å². The fourth-order valence-corrected chi connectivity index (χ4v) is 4.40. The van der Waals surface area contributed by atoms with E-state index in [1.54, 1.807) is 11.3 Å². The third-order valence-corrected chi connectivity index (χ3v) is 6.13. The van der Waals surface area contributed by atoms with Crippen molar-refractivity contribution in [3.8, 4) is 0 Å². The number of carbonyl (C=O) groups is 1. The van der Waals surface area contributed by atoms with Crippen molar-refractivity contribution in [2.24, 2.45) is 0 Å². The van der Waals surface area contributed by atoms with Crippen LogP contribution in [0.5, 0.6) is 0 Å². The molecular weight excluding hydrogens is 290 g/mol. The minimum atomic E-state index is -0.0577. The quantitative estimate of drug-likeness (QED) is 0.878. The molecule has 0 unspecified atom stereocenters. The van der Waals surface area contributed by atoms with E-state index in [4.69, 9.17) is 0 Å². The molecule has 2 saturated carbocycles. The molecule has 3 rings (SSSR count). The second-order valence-corrected chi connectivity index (χ2v) is 7.67. The lowest BCUT2D eigenvalue weighted by Gasteiger charge is -2.13. The number of urea groups is 1. The Morgan fingerprint density at radius 2 is 2.30 bits per heavy atom. The minimum Gasteiger partial charge on any atom is -0.335 e. The van der Waals surface area contributed by atoms with Gasteiger partial charge < -0.3 is 10.6 Å². The van der Waals surface area contributed by atoms with Crippen LogP contribution in [-0.2, 0) is 6.54 Å². The highest BCUT2D eigenvalue weighted by molar-refractivity contribution is 7.99. The molecule has 6 heteroatoms. The Labute approximate surface area is 128 Å². The molecule has 0 bridgehead atoms. The number of aromatic nitrogens is 1. The van der Waals surface area contributed by atoms with Crippen molar-refractivity contribution in [3.05, 3.63) is 16.1 Å². The Hall–Kier alpha value is -0.750. The minimum absolute atomic E-state index is 0.0577. The summed E-state index contributed by atoms with van der Waals surface area (Å²) in [6, 6.07) is 0.280. The molecule has 2 amide bonds. The molecule has 0 saturated heterocycles. The summed E-state index contributed by atoms with van der Waals surface area (Å²) >= 11 is 3.63. The van der Waals surface area contributed by atoms with Crippen LogP contribution in [0.15, 0.2) is 5.38 Å². The lowest BCUT2D eigenvalue weighted by Crippen LogP contribution is -2.40. The Balaban J connectivity index is 1.40. The summed E-state index contributed by atoms with van der Waals surface area (Å²) in [5.41, 5.74) is 0.987. The Morgan fingerprint density at radius 3 is 3.00 bits per heavy atom. The van der Waals surface area contributed by atoms with Crippen molar-refractivity contribution in [2.45, 2.75) is 55.9 Å². The van der Waals surface area contributed by atoms with Crippen LogP contribution < -0.4 is 10.6 Å². The normalized spacial score (nSPS) is 25.6. The van der Waals surface area contributed by atoms with Crippen molar-refractivity contribution in [3.63, 3.8) is 0 Å². The predicted octanol–water partition coefficient (Wildman–Crippen LogP) is 3.10. The van der Waals surface area contributed by atoms with Crippen LogP contribution in [-0.4, -0.2) is 28.6 Å². The number of amides is 2. The lowest BCUT2D eigenvalue weighted by molar-refractivity contribution is 0.236. The average Bonchev–Trinajstić information content (AvgIpc) is 3.02. The van der Waals surface area contributed by atoms with Crippen molar-refractivity contribution < 1.29 is 4.79 Å². The summed E-state index contributed by atoms with van der Waals surface area (Å²) in [7, 11) is 0. The number of carbonyl (C=O) groups excluding carboxylic acids is 1. The molecule has 0 aromatic carbocycles. The van der Waals surface area contributed by atoms with E-state index in [9.17, 15) is 4.79 Å². The molecule has 0 spiro atoms. The first kappa shape index (κ1) is 14.2. The molecular formula is C14H21N3OS2. The van der Waals surface area contributed by atoms with Crippen LogP contribution in [0.1, 0.15) is 48.7 Å². The van der Waals surface area contributed by atoms with Crippen LogP contribution in [0.4, 0.5) is 4.79 Å². The summed E-state index contributed by atoms with van der Waals surface area (Å²) in [4.78, 5) is 16.4. The summed E-state index contributed by atoms with van der Waals surface area (Å²) in [5, 5.41) is 9.99. The highest BCUT2D eigenvalue weighted by atomic mass is 32.2. The largest absolute Gasteiger partial charge is 0.335 e. The average molecular weight is 311 g/mol. The van der Waals surface area contributed by atoms with Gasteiger partial charge in [-0.1, -0.05) is 0 Å². The van der Waals surface area contributed by atoms with Gasteiger partial charge in [-0.2, -0.15) is 11.8 Å². The first-order chi connectivity index (χ1) is 9.74. The monoisotopic (exact) mass is 311 g/mol. The van der Waals surface area contributed by atoms with Crippen LogP contribution in [0.25, 0.3) is 0 Å². The molecule has 2 aliphatic carbocycles. The maximum absolute atomic E-state index is 11.9. The molecule has 2 fully saturated rings. The van der Waals surface area contributed by atoms with E-state index in [0.717, 1.165) is 18.5 Å². The van der Waals surface area contributed by atoms with E-state index >= 15 is 0 Å². The lowest BCUT2D eigenvalue weighted by atomic mass is 10.2. The van der Waals surface area contributed by atoms with E-state index < -0.39 is 0 Å². The van der Waals surface area contributed by atoms with Crippen molar-refractivity contribution in [1.29, 1.82) is 0 Å². The van der Waals surface area contributed by atoms with Crippen molar-refractivity contribution >= 4 is 29.1 Å². The van der Waals surface area contributed by atoms with E-state index in [1.807, 2.05) is 11.8 Å². The van der Waals surface area contributed by atoms with Gasteiger partial charge in [0.25, 0.3) is 0 Å². The van der Waals surface area contributed by atoms with Gasteiger partial charge in [0.05, 0.1) is 17.2 Å². The summed E-state index contributed by atoms with van der Waals surface area (Å²) < 4.78 is 0. The molecule has 1 aromatic rings.